The zero-order chi connectivity index (χ0) is 12.6. The molecule has 0 spiro atoms. The first-order valence-corrected chi connectivity index (χ1v) is 5.21. The van der Waals surface area contributed by atoms with Crippen molar-refractivity contribution in [2.45, 2.75) is 45.1 Å². The van der Waals surface area contributed by atoms with Crippen molar-refractivity contribution in [1.82, 2.24) is 5.32 Å². The van der Waals surface area contributed by atoms with Crippen LogP contribution in [0.4, 0.5) is 0 Å². The Balaban J connectivity index is 4.02. The van der Waals surface area contributed by atoms with Gasteiger partial charge in [0.05, 0.1) is 6.42 Å². The highest BCUT2D eigenvalue weighted by Crippen LogP contribution is 2.01. The Bertz CT molecular complexity index is 264. The number of carbonyl (C=O) groups is 3. The normalized spacial score (nSPS) is 11.8. The molecular formula is C10H17NO5. The van der Waals surface area contributed by atoms with Gasteiger partial charge >= 0.3 is 11.9 Å². The van der Waals surface area contributed by atoms with E-state index in [1.807, 2.05) is 6.92 Å². The number of carbonyl (C=O) groups excluding carboxylic acids is 1. The van der Waals surface area contributed by atoms with E-state index in [-0.39, 0.29) is 12.8 Å². The second kappa shape index (κ2) is 7.67. The Hall–Kier alpha value is -1.59. The fourth-order valence-corrected chi connectivity index (χ4v) is 1.15. The van der Waals surface area contributed by atoms with E-state index in [1.165, 1.54) is 0 Å². The van der Waals surface area contributed by atoms with E-state index in [4.69, 9.17) is 10.2 Å². The number of carboxylic acid groups (broad SMARTS) is 2. The lowest BCUT2D eigenvalue weighted by atomic mass is 10.1. The highest BCUT2D eigenvalue weighted by atomic mass is 16.4. The quantitative estimate of drug-likeness (QED) is 0.567. The minimum atomic E-state index is -1.09. The Labute approximate surface area is 93.6 Å². The van der Waals surface area contributed by atoms with Gasteiger partial charge in [0.2, 0.25) is 5.91 Å². The fourth-order valence-electron chi connectivity index (χ4n) is 1.15. The van der Waals surface area contributed by atoms with E-state index in [9.17, 15) is 14.4 Å². The van der Waals surface area contributed by atoms with E-state index >= 15 is 0 Å². The van der Waals surface area contributed by atoms with E-state index in [0.717, 1.165) is 6.42 Å². The molecule has 0 aliphatic rings. The van der Waals surface area contributed by atoms with Gasteiger partial charge in [-0.15, -0.1) is 0 Å². The van der Waals surface area contributed by atoms with Gasteiger partial charge in [-0.05, 0) is 6.42 Å². The highest BCUT2D eigenvalue weighted by Gasteiger charge is 2.19. The molecule has 0 saturated carbocycles. The average Bonchev–Trinajstić information content (AvgIpc) is 2.20. The van der Waals surface area contributed by atoms with Crippen LogP contribution in [0.25, 0.3) is 0 Å². The number of rotatable bonds is 8. The number of aliphatic carboxylic acids is 2. The van der Waals surface area contributed by atoms with Crippen LogP contribution in [0.1, 0.15) is 39.0 Å². The monoisotopic (exact) mass is 231 g/mol. The highest BCUT2D eigenvalue weighted by molar-refractivity contribution is 5.85. The molecule has 1 atom stereocenters. The second-order valence-corrected chi connectivity index (χ2v) is 3.49. The van der Waals surface area contributed by atoms with Crippen molar-refractivity contribution in [3.8, 4) is 0 Å². The summed E-state index contributed by atoms with van der Waals surface area (Å²) in [5.41, 5.74) is 0. The molecule has 0 aliphatic carbocycles. The average molecular weight is 231 g/mol. The molecule has 6 heteroatoms. The van der Waals surface area contributed by atoms with E-state index in [1.54, 1.807) is 0 Å². The maximum Gasteiger partial charge on any atom is 0.326 e. The molecule has 0 aromatic carbocycles. The van der Waals surface area contributed by atoms with Crippen LogP contribution >= 0.6 is 0 Å². The van der Waals surface area contributed by atoms with Crippen LogP contribution in [0.15, 0.2) is 0 Å². The Kier molecular flexibility index (Phi) is 6.91. The third kappa shape index (κ3) is 6.80. The number of unbranched alkanes of at least 4 members (excludes halogenated alkanes) is 1. The summed E-state index contributed by atoms with van der Waals surface area (Å²) in [6.07, 6.45) is 1.44. The minimum absolute atomic E-state index is 0.189. The van der Waals surface area contributed by atoms with Crippen LogP contribution in [-0.2, 0) is 14.4 Å². The van der Waals surface area contributed by atoms with Gasteiger partial charge in [-0.25, -0.2) is 4.79 Å². The SMILES string of the molecule is CCCCC(NC(=O)CCC(=O)O)C(=O)O. The molecule has 0 heterocycles. The van der Waals surface area contributed by atoms with Crippen molar-refractivity contribution in [3.05, 3.63) is 0 Å². The maximum atomic E-state index is 11.2. The predicted molar refractivity (Wildman–Crippen MR) is 56.0 cm³/mol. The van der Waals surface area contributed by atoms with Crippen molar-refractivity contribution in [1.29, 1.82) is 0 Å². The number of amides is 1. The van der Waals surface area contributed by atoms with Gasteiger partial charge in [0.25, 0.3) is 0 Å². The molecule has 0 aliphatic heterocycles. The Morgan fingerprint density at radius 2 is 1.81 bits per heavy atom. The van der Waals surface area contributed by atoms with Crippen LogP contribution in [-0.4, -0.2) is 34.1 Å². The summed E-state index contributed by atoms with van der Waals surface area (Å²) < 4.78 is 0. The molecule has 0 rings (SSSR count). The lowest BCUT2D eigenvalue weighted by Gasteiger charge is -2.13. The van der Waals surface area contributed by atoms with Crippen molar-refractivity contribution in [2.24, 2.45) is 0 Å². The minimum Gasteiger partial charge on any atom is -0.481 e. The molecule has 92 valence electrons. The van der Waals surface area contributed by atoms with Crippen LogP contribution in [0, 0.1) is 0 Å². The molecule has 1 unspecified atom stereocenters. The molecule has 3 N–H and O–H groups in total. The first kappa shape index (κ1) is 14.4. The van der Waals surface area contributed by atoms with Gasteiger partial charge in [0.1, 0.15) is 6.04 Å². The first-order valence-electron chi connectivity index (χ1n) is 5.21. The summed E-state index contributed by atoms with van der Waals surface area (Å²) in [6.45, 7) is 1.92. The number of nitrogens with one attached hydrogen (secondary N) is 1. The van der Waals surface area contributed by atoms with Crippen LogP contribution in [0.2, 0.25) is 0 Å². The van der Waals surface area contributed by atoms with Crippen molar-refractivity contribution < 1.29 is 24.6 Å². The third-order valence-corrected chi connectivity index (χ3v) is 2.05. The Morgan fingerprint density at radius 1 is 1.19 bits per heavy atom. The van der Waals surface area contributed by atoms with Gasteiger partial charge in [-0.1, -0.05) is 19.8 Å². The molecule has 0 saturated heterocycles. The van der Waals surface area contributed by atoms with Crippen molar-refractivity contribution in [2.75, 3.05) is 0 Å². The zero-order valence-electron chi connectivity index (χ0n) is 9.23. The Morgan fingerprint density at radius 3 is 2.25 bits per heavy atom. The van der Waals surface area contributed by atoms with Gasteiger partial charge in [0.15, 0.2) is 0 Å². The van der Waals surface area contributed by atoms with Crippen molar-refractivity contribution >= 4 is 17.8 Å². The summed E-state index contributed by atoms with van der Waals surface area (Å²) in [5.74, 6) is -2.70. The second-order valence-electron chi connectivity index (χ2n) is 3.49. The summed E-state index contributed by atoms with van der Waals surface area (Å²) in [4.78, 5) is 32.1. The number of carboxylic acids is 2. The third-order valence-electron chi connectivity index (χ3n) is 2.05. The molecule has 0 fully saturated rings. The van der Waals surface area contributed by atoms with Gasteiger partial charge < -0.3 is 15.5 Å². The first-order chi connectivity index (χ1) is 7.47. The summed E-state index contributed by atoms with van der Waals surface area (Å²) in [7, 11) is 0. The van der Waals surface area contributed by atoms with Gasteiger partial charge in [-0.3, -0.25) is 9.59 Å². The van der Waals surface area contributed by atoms with E-state index < -0.39 is 23.9 Å². The molecule has 0 radical (unpaired) electrons. The largest absolute Gasteiger partial charge is 0.481 e. The zero-order valence-corrected chi connectivity index (χ0v) is 9.23. The molecule has 16 heavy (non-hydrogen) atoms. The topological polar surface area (TPSA) is 104 Å². The number of hydrogen-bond acceptors (Lipinski definition) is 3. The van der Waals surface area contributed by atoms with E-state index in [0.29, 0.717) is 12.8 Å². The maximum absolute atomic E-state index is 11.2. The standard InChI is InChI=1S/C10H17NO5/c1-2-3-4-7(10(15)16)11-8(12)5-6-9(13)14/h7H,2-6H2,1H3,(H,11,12)(H,13,14)(H,15,16). The van der Waals surface area contributed by atoms with Crippen molar-refractivity contribution in [3.63, 3.8) is 0 Å². The smallest absolute Gasteiger partial charge is 0.326 e. The predicted octanol–water partition coefficient (Wildman–Crippen LogP) is 0.611. The molecular weight excluding hydrogens is 214 g/mol. The summed E-state index contributed by atoms with van der Waals surface area (Å²) >= 11 is 0. The van der Waals surface area contributed by atoms with E-state index in [2.05, 4.69) is 5.32 Å². The lowest BCUT2D eigenvalue weighted by Crippen LogP contribution is -2.40. The number of hydrogen-bond donors (Lipinski definition) is 3. The van der Waals surface area contributed by atoms with Gasteiger partial charge in [0, 0.05) is 6.42 Å². The molecule has 0 aromatic rings. The molecule has 0 aromatic heterocycles. The van der Waals surface area contributed by atoms with Gasteiger partial charge in [-0.2, -0.15) is 0 Å². The molecule has 1 amide bonds. The lowest BCUT2D eigenvalue weighted by molar-refractivity contribution is -0.142. The molecule has 6 nitrogen and oxygen atoms in total. The summed E-state index contributed by atoms with van der Waals surface area (Å²) in [6, 6.07) is -0.916. The fraction of sp³-hybridized carbons (Fsp3) is 0.700. The summed E-state index contributed by atoms with van der Waals surface area (Å²) in [5, 5.41) is 19.5. The molecule has 0 bridgehead atoms. The van der Waals surface area contributed by atoms with Crippen LogP contribution in [0.5, 0.6) is 0 Å². The van der Waals surface area contributed by atoms with Crippen LogP contribution < -0.4 is 5.32 Å². The van der Waals surface area contributed by atoms with Crippen LogP contribution in [0.3, 0.4) is 0 Å².